The summed E-state index contributed by atoms with van der Waals surface area (Å²) in [6.45, 7) is 3.25. The van der Waals surface area contributed by atoms with Crippen molar-refractivity contribution in [1.82, 2.24) is 5.06 Å². The van der Waals surface area contributed by atoms with E-state index in [-0.39, 0.29) is 30.0 Å². The molecule has 0 aromatic rings. The molecule has 2 heterocycles. The van der Waals surface area contributed by atoms with Crippen LogP contribution in [0.4, 0.5) is 0 Å². The molecule has 2 atom stereocenters. The molecule has 1 saturated heterocycles. The second-order valence-corrected chi connectivity index (χ2v) is 5.77. The lowest BCUT2D eigenvalue weighted by Crippen LogP contribution is -2.53. The van der Waals surface area contributed by atoms with E-state index >= 15 is 0 Å². The minimum absolute atomic E-state index is 0.0748. The number of esters is 2. The number of ether oxygens (including phenoxy) is 2. The first kappa shape index (κ1) is 16.5. The van der Waals surface area contributed by atoms with Crippen LogP contribution in [0.25, 0.3) is 0 Å². The summed E-state index contributed by atoms with van der Waals surface area (Å²) in [5.74, 6) is -1.34. The fraction of sp³-hybridized carbons (Fsp3) is 0.667. The highest BCUT2D eigenvalue weighted by Gasteiger charge is 2.54. The summed E-state index contributed by atoms with van der Waals surface area (Å²) < 4.78 is 9.42. The van der Waals surface area contributed by atoms with Crippen molar-refractivity contribution in [3.8, 4) is 0 Å². The van der Waals surface area contributed by atoms with Crippen molar-refractivity contribution in [2.75, 3.05) is 14.2 Å². The number of carbonyl (C=O) groups excluding carboxylic acids is 3. The monoisotopic (exact) mass is 311 g/mol. The Morgan fingerprint density at radius 1 is 1.32 bits per heavy atom. The van der Waals surface area contributed by atoms with E-state index in [1.807, 2.05) is 6.92 Å². The van der Waals surface area contributed by atoms with Crippen LogP contribution in [0.5, 0.6) is 0 Å². The van der Waals surface area contributed by atoms with Crippen molar-refractivity contribution in [2.24, 2.45) is 0 Å². The summed E-state index contributed by atoms with van der Waals surface area (Å²) in [6.07, 6.45) is 2.36. The predicted molar refractivity (Wildman–Crippen MR) is 75.3 cm³/mol. The van der Waals surface area contributed by atoms with Crippen molar-refractivity contribution >= 4 is 17.7 Å². The number of hydrogen-bond acceptors (Lipinski definition) is 7. The Morgan fingerprint density at radius 2 is 2.00 bits per heavy atom. The van der Waals surface area contributed by atoms with Crippen LogP contribution >= 0.6 is 0 Å². The maximum absolute atomic E-state index is 12.1. The standard InChI is InChI=1S/C15H21NO6/c1-9(17)12-13(14(19)21-4)22-16-10(8-11(18)20-3)6-5-7-15(12,16)2/h10H,5-8H2,1-4H3/t10-,15-/m0/s1. The van der Waals surface area contributed by atoms with Crippen LogP contribution in [-0.4, -0.2) is 48.6 Å². The number of rotatable bonds is 4. The average molecular weight is 311 g/mol. The molecule has 122 valence electrons. The fourth-order valence-corrected chi connectivity index (χ4v) is 3.34. The van der Waals surface area contributed by atoms with Crippen LogP contribution in [0.1, 0.15) is 39.5 Å². The minimum atomic E-state index is -0.730. The highest BCUT2D eigenvalue weighted by molar-refractivity contribution is 6.03. The van der Waals surface area contributed by atoms with E-state index in [4.69, 9.17) is 14.3 Å². The van der Waals surface area contributed by atoms with Crippen molar-refractivity contribution in [1.29, 1.82) is 0 Å². The lowest BCUT2D eigenvalue weighted by Gasteiger charge is -2.43. The summed E-state index contributed by atoms with van der Waals surface area (Å²) in [5.41, 5.74) is -0.416. The van der Waals surface area contributed by atoms with Crippen LogP contribution in [0.2, 0.25) is 0 Å². The quantitative estimate of drug-likeness (QED) is 0.720. The first-order valence-corrected chi connectivity index (χ1v) is 7.23. The normalized spacial score (nSPS) is 27.9. The van der Waals surface area contributed by atoms with Gasteiger partial charge in [-0.1, -0.05) is 0 Å². The fourth-order valence-electron chi connectivity index (χ4n) is 3.34. The summed E-state index contributed by atoms with van der Waals surface area (Å²) in [5, 5.41) is 1.59. The molecule has 0 radical (unpaired) electrons. The SMILES string of the molecule is COC(=O)C[C@@H]1CCC[C@@]2(C)C(C(C)=O)=C(C(=O)OC)ON12. The Kier molecular flexibility index (Phi) is 4.55. The molecule has 1 fully saturated rings. The van der Waals surface area contributed by atoms with E-state index in [9.17, 15) is 14.4 Å². The first-order chi connectivity index (χ1) is 10.3. The lowest BCUT2D eigenvalue weighted by atomic mass is 9.79. The van der Waals surface area contributed by atoms with Gasteiger partial charge in [0.2, 0.25) is 5.76 Å². The van der Waals surface area contributed by atoms with Gasteiger partial charge in [0.25, 0.3) is 0 Å². The number of hydroxylamine groups is 2. The number of ketones is 1. The van der Waals surface area contributed by atoms with Gasteiger partial charge in [0.05, 0.1) is 37.8 Å². The van der Waals surface area contributed by atoms with Crippen LogP contribution < -0.4 is 0 Å². The Labute approximate surface area is 129 Å². The van der Waals surface area contributed by atoms with Crippen molar-refractivity contribution in [3.63, 3.8) is 0 Å². The number of Topliss-reactive ketones (excluding diaryl/α,β-unsaturated/α-hetero) is 1. The topological polar surface area (TPSA) is 82.1 Å². The van der Waals surface area contributed by atoms with Gasteiger partial charge < -0.3 is 14.3 Å². The summed E-state index contributed by atoms with van der Waals surface area (Å²) in [6, 6.07) is -0.247. The third-order valence-corrected chi connectivity index (χ3v) is 4.33. The van der Waals surface area contributed by atoms with Gasteiger partial charge in [0, 0.05) is 0 Å². The van der Waals surface area contributed by atoms with E-state index in [0.29, 0.717) is 12.0 Å². The molecule has 0 spiro atoms. The molecular formula is C15H21NO6. The zero-order valence-corrected chi connectivity index (χ0v) is 13.3. The third kappa shape index (κ3) is 2.61. The summed E-state index contributed by atoms with van der Waals surface area (Å²) in [4.78, 5) is 41.2. The lowest BCUT2D eigenvalue weighted by molar-refractivity contribution is -0.206. The molecule has 0 N–H and O–H groups in total. The van der Waals surface area contributed by atoms with E-state index in [0.717, 1.165) is 12.8 Å². The van der Waals surface area contributed by atoms with Crippen LogP contribution in [0.15, 0.2) is 11.3 Å². The maximum Gasteiger partial charge on any atom is 0.376 e. The molecule has 2 aliphatic rings. The predicted octanol–water partition coefficient (Wildman–Crippen LogP) is 1.12. The number of piperidine rings is 1. The number of carbonyl (C=O) groups is 3. The molecule has 2 rings (SSSR count). The number of nitrogens with zero attached hydrogens (tertiary/aromatic N) is 1. The van der Waals surface area contributed by atoms with Crippen molar-refractivity contribution in [3.05, 3.63) is 11.3 Å². The van der Waals surface area contributed by atoms with Gasteiger partial charge in [-0.2, -0.15) is 0 Å². The molecular weight excluding hydrogens is 290 g/mol. The van der Waals surface area contributed by atoms with Crippen LogP contribution in [0, 0.1) is 0 Å². The minimum Gasteiger partial charge on any atom is -0.469 e. The third-order valence-electron chi connectivity index (χ3n) is 4.33. The molecule has 2 aliphatic heterocycles. The van der Waals surface area contributed by atoms with Crippen molar-refractivity contribution in [2.45, 2.75) is 51.1 Å². The highest BCUT2D eigenvalue weighted by Crippen LogP contribution is 2.46. The van der Waals surface area contributed by atoms with E-state index in [1.165, 1.54) is 21.1 Å². The first-order valence-electron chi connectivity index (χ1n) is 7.23. The van der Waals surface area contributed by atoms with E-state index in [1.54, 1.807) is 5.06 Å². The number of methoxy groups -OCH3 is 2. The van der Waals surface area contributed by atoms with Crippen LogP contribution in [-0.2, 0) is 28.7 Å². The summed E-state index contributed by atoms with van der Waals surface area (Å²) in [7, 11) is 2.57. The number of hydrogen-bond donors (Lipinski definition) is 0. The Bertz CT molecular complexity index is 540. The molecule has 0 saturated carbocycles. The molecule has 7 nitrogen and oxygen atoms in total. The van der Waals surface area contributed by atoms with E-state index in [2.05, 4.69) is 0 Å². The maximum atomic E-state index is 12.1. The largest absolute Gasteiger partial charge is 0.469 e. The Morgan fingerprint density at radius 3 is 2.55 bits per heavy atom. The molecule has 0 bridgehead atoms. The van der Waals surface area contributed by atoms with Gasteiger partial charge in [0.1, 0.15) is 0 Å². The van der Waals surface area contributed by atoms with Gasteiger partial charge in [-0.15, -0.1) is 5.06 Å². The molecule has 0 amide bonds. The van der Waals surface area contributed by atoms with Crippen molar-refractivity contribution < 1.29 is 28.7 Å². The van der Waals surface area contributed by atoms with Gasteiger partial charge in [-0.25, -0.2) is 4.79 Å². The Balaban J connectivity index is 2.38. The number of fused-ring (bicyclic) bond motifs is 1. The molecule has 0 aromatic carbocycles. The molecule has 22 heavy (non-hydrogen) atoms. The molecule has 0 unspecified atom stereocenters. The van der Waals surface area contributed by atoms with Gasteiger partial charge >= 0.3 is 11.9 Å². The van der Waals surface area contributed by atoms with Crippen LogP contribution in [0.3, 0.4) is 0 Å². The molecule has 0 aliphatic carbocycles. The second-order valence-electron chi connectivity index (χ2n) is 5.77. The van der Waals surface area contributed by atoms with Gasteiger partial charge in [-0.05, 0) is 33.1 Å². The van der Waals surface area contributed by atoms with Gasteiger partial charge in [-0.3, -0.25) is 9.59 Å². The average Bonchev–Trinajstić information content (AvgIpc) is 2.80. The molecule has 7 heteroatoms. The smallest absolute Gasteiger partial charge is 0.376 e. The van der Waals surface area contributed by atoms with E-state index < -0.39 is 11.5 Å². The Hall–Kier alpha value is -1.89. The molecule has 0 aromatic heterocycles. The van der Waals surface area contributed by atoms with Gasteiger partial charge in [0.15, 0.2) is 5.78 Å². The zero-order chi connectivity index (χ0) is 16.5. The summed E-state index contributed by atoms with van der Waals surface area (Å²) >= 11 is 0. The highest BCUT2D eigenvalue weighted by atomic mass is 16.7. The zero-order valence-electron chi connectivity index (χ0n) is 13.3. The second kappa shape index (κ2) is 6.08.